The third kappa shape index (κ3) is 5.59. The highest BCUT2D eigenvalue weighted by molar-refractivity contribution is 6.31. The lowest BCUT2D eigenvalue weighted by molar-refractivity contribution is -0.137. The molecule has 1 aromatic carbocycles. The SMILES string of the molecule is CCCCCNC(=O)c1ccnc(Nc2ccc(Cl)c(C(F)(F)F)c2)n1. The number of aromatic nitrogens is 2. The zero-order valence-corrected chi connectivity index (χ0v) is 14.8. The van der Waals surface area contributed by atoms with Crippen molar-refractivity contribution >= 4 is 29.1 Å². The molecular weight excluding hydrogens is 369 g/mol. The van der Waals surface area contributed by atoms with E-state index in [1.165, 1.54) is 18.3 Å². The first-order valence-electron chi connectivity index (χ1n) is 8.06. The van der Waals surface area contributed by atoms with Crippen LogP contribution in [0.2, 0.25) is 5.02 Å². The van der Waals surface area contributed by atoms with Gasteiger partial charge in [0.15, 0.2) is 0 Å². The summed E-state index contributed by atoms with van der Waals surface area (Å²) in [6.45, 7) is 2.59. The molecule has 0 aliphatic carbocycles. The Kier molecular flexibility index (Phi) is 6.79. The Morgan fingerprint density at radius 2 is 2.00 bits per heavy atom. The molecule has 0 aliphatic heterocycles. The average molecular weight is 387 g/mol. The summed E-state index contributed by atoms with van der Waals surface area (Å²) in [4.78, 5) is 20.0. The van der Waals surface area contributed by atoms with Gasteiger partial charge >= 0.3 is 6.18 Å². The van der Waals surface area contributed by atoms with Crippen molar-refractivity contribution in [1.29, 1.82) is 0 Å². The Hall–Kier alpha value is -2.35. The molecule has 2 aromatic rings. The highest BCUT2D eigenvalue weighted by Gasteiger charge is 2.33. The van der Waals surface area contributed by atoms with Crippen LogP contribution in [0.25, 0.3) is 0 Å². The zero-order valence-electron chi connectivity index (χ0n) is 14.0. The largest absolute Gasteiger partial charge is 0.417 e. The monoisotopic (exact) mass is 386 g/mol. The summed E-state index contributed by atoms with van der Waals surface area (Å²) in [5.74, 6) is -0.347. The summed E-state index contributed by atoms with van der Waals surface area (Å²) in [5.41, 5.74) is -0.722. The second-order valence-electron chi connectivity index (χ2n) is 5.55. The molecular formula is C17H18ClF3N4O. The molecule has 0 radical (unpaired) electrons. The number of carbonyl (C=O) groups is 1. The maximum Gasteiger partial charge on any atom is 0.417 e. The van der Waals surface area contributed by atoms with Crippen LogP contribution in [-0.4, -0.2) is 22.4 Å². The molecule has 1 heterocycles. The van der Waals surface area contributed by atoms with E-state index in [0.717, 1.165) is 31.4 Å². The predicted molar refractivity (Wildman–Crippen MR) is 93.6 cm³/mol. The van der Waals surface area contributed by atoms with Gasteiger partial charge in [-0.05, 0) is 30.7 Å². The van der Waals surface area contributed by atoms with Crippen molar-refractivity contribution in [3.63, 3.8) is 0 Å². The van der Waals surface area contributed by atoms with E-state index < -0.39 is 16.8 Å². The quantitative estimate of drug-likeness (QED) is 0.670. The minimum absolute atomic E-state index is 0.0154. The lowest BCUT2D eigenvalue weighted by Crippen LogP contribution is -2.25. The van der Waals surface area contributed by atoms with Crippen LogP contribution < -0.4 is 10.6 Å². The Bertz CT molecular complexity index is 768. The van der Waals surface area contributed by atoms with Crippen molar-refractivity contribution in [1.82, 2.24) is 15.3 Å². The standard InChI is InChI=1S/C17H18ClF3N4O/c1-2-3-4-8-22-15(26)14-7-9-23-16(25-14)24-11-5-6-13(18)12(10-11)17(19,20)21/h5-7,9-10H,2-4,8H2,1H3,(H,22,26)(H,23,24,25). The topological polar surface area (TPSA) is 66.9 Å². The molecule has 9 heteroatoms. The number of nitrogens with one attached hydrogen (secondary N) is 2. The highest BCUT2D eigenvalue weighted by atomic mass is 35.5. The van der Waals surface area contributed by atoms with Gasteiger partial charge in [0, 0.05) is 18.4 Å². The maximum absolute atomic E-state index is 12.9. The second-order valence-corrected chi connectivity index (χ2v) is 5.95. The highest BCUT2D eigenvalue weighted by Crippen LogP contribution is 2.36. The van der Waals surface area contributed by atoms with Crippen molar-refractivity contribution in [3.05, 3.63) is 46.7 Å². The van der Waals surface area contributed by atoms with Crippen LogP contribution >= 0.6 is 11.6 Å². The van der Waals surface area contributed by atoms with Gasteiger partial charge in [-0.2, -0.15) is 13.2 Å². The minimum Gasteiger partial charge on any atom is -0.351 e. The number of amides is 1. The number of hydrogen-bond acceptors (Lipinski definition) is 4. The molecule has 5 nitrogen and oxygen atoms in total. The van der Waals surface area contributed by atoms with Gasteiger partial charge in [0.05, 0.1) is 10.6 Å². The van der Waals surface area contributed by atoms with Crippen LogP contribution in [0.1, 0.15) is 42.2 Å². The molecule has 0 saturated carbocycles. The smallest absolute Gasteiger partial charge is 0.351 e. The Labute approximate surface area is 154 Å². The number of halogens is 4. The van der Waals surface area contributed by atoms with E-state index >= 15 is 0 Å². The predicted octanol–water partition coefficient (Wildman–Crippen LogP) is 4.81. The van der Waals surface area contributed by atoms with Crippen molar-refractivity contribution < 1.29 is 18.0 Å². The normalized spacial score (nSPS) is 11.3. The molecule has 0 atom stereocenters. The second kappa shape index (κ2) is 8.84. The molecule has 0 unspecified atom stereocenters. The summed E-state index contributed by atoms with van der Waals surface area (Å²) in [6, 6.07) is 4.81. The van der Waals surface area contributed by atoms with Gasteiger partial charge in [0.1, 0.15) is 5.69 Å². The van der Waals surface area contributed by atoms with E-state index in [1.54, 1.807) is 0 Å². The van der Waals surface area contributed by atoms with Crippen LogP contribution in [0, 0.1) is 0 Å². The van der Waals surface area contributed by atoms with Crippen LogP contribution in [-0.2, 0) is 6.18 Å². The third-order valence-electron chi connectivity index (χ3n) is 3.48. The molecule has 2 N–H and O–H groups in total. The molecule has 1 aromatic heterocycles. The average Bonchev–Trinajstić information content (AvgIpc) is 2.59. The molecule has 2 rings (SSSR count). The van der Waals surface area contributed by atoms with E-state index in [2.05, 4.69) is 27.5 Å². The molecule has 0 saturated heterocycles. The number of hydrogen-bond donors (Lipinski definition) is 2. The van der Waals surface area contributed by atoms with Crippen molar-refractivity contribution in [3.8, 4) is 0 Å². The number of anilines is 2. The van der Waals surface area contributed by atoms with Gasteiger partial charge in [0.25, 0.3) is 5.91 Å². The molecule has 0 aliphatic rings. The van der Waals surface area contributed by atoms with Gasteiger partial charge < -0.3 is 10.6 Å². The lowest BCUT2D eigenvalue weighted by atomic mass is 10.2. The maximum atomic E-state index is 12.9. The summed E-state index contributed by atoms with van der Waals surface area (Å²) in [5, 5.41) is 4.99. The van der Waals surface area contributed by atoms with Gasteiger partial charge in [0.2, 0.25) is 5.95 Å². The molecule has 0 spiro atoms. The van der Waals surface area contributed by atoms with Crippen molar-refractivity contribution in [2.45, 2.75) is 32.4 Å². The minimum atomic E-state index is -4.57. The van der Waals surface area contributed by atoms with E-state index in [0.29, 0.717) is 6.54 Å². The molecule has 1 amide bonds. The van der Waals surface area contributed by atoms with Gasteiger partial charge in [-0.1, -0.05) is 31.4 Å². The number of carbonyl (C=O) groups excluding carboxylic acids is 1. The van der Waals surface area contributed by atoms with E-state index in [9.17, 15) is 18.0 Å². The Morgan fingerprint density at radius 1 is 1.23 bits per heavy atom. The van der Waals surface area contributed by atoms with Crippen LogP contribution in [0.3, 0.4) is 0 Å². The number of nitrogens with zero attached hydrogens (tertiary/aromatic N) is 2. The summed E-state index contributed by atoms with van der Waals surface area (Å²) >= 11 is 5.59. The summed E-state index contributed by atoms with van der Waals surface area (Å²) in [7, 11) is 0. The lowest BCUT2D eigenvalue weighted by Gasteiger charge is -2.12. The zero-order chi connectivity index (χ0) is 19.2. The first-order valence-corrected chi connectivity index (χ1v) is 8.44. The van der Waals surface area contributed by atoms with E-state index in [1.807, 2.05) is 0 Å². The fourth-order valence-corrected chi connectivity index (χ4v) is 2.39. The molecule has 26 heavy (non-hydrogen) atoms. The Balaban J connectivity index is 2.10. The summed E-state index contributed by atoms with van der Waals surface area (Å²) < 4.78 is 38.7. The molecule has 0 fully saturated rings. The van der Waals surface area contributed by atoms with Crippen molar-refractivity contribution in [2.75, 3.05) is 11.9 Å². The van der Waals surface area contributed by atoms with Crippen molar-refractivity contribution in [2.24, 2.45) is 0 Å². The number of benzene rings is 1. The van der Waals surface area contributed by atoms with Crippen LogP contribution in [0.15, 0.2) is 30.5 Å². The van der Waals surface area contributed by atoms with Crippen LogP contribution in [0.5, 0.6) is 0 Å². The number of unbranched alkanes of at least 4 members (excludes halogenated alkanes) is 2. The molecule has 0 bridgehead atoms. The first kappa shape index (κ1) is 20.0. The third-order valence-corrected chi connectivity index (χ3v) is 3.81. The fourth-order valence-electron chi connectivity index (χ4n) is 2.16. The Morgan fingerprint density at radius 3 is 2.69 bits per heavy atom. The van der Waals surface area contributed by atoms with Gasteiger partial charge in [-0.25, -0.2) is 9.97 Å². The summed E-state index contributed by atoms with van der Waals surface area (Å²) in [6.07, 6.45) is -0.302. The first-order chi connectivity index (χ1) is 12.3. The number of rotatable bonds is 7. The van der Waals surface area contributed by atoms with E-state index in [4.69, 9.17) is 11.6 Å². The number of alkyl halides is 3. The van der Waals surface area contributed by atoms with E-state index in [-0.39, 0.29) is 23.2 Å². The fraction of sp³-hybridized carbons (Fsp3) is 0.353. The molecule has 140 valence electrons. The van der Waals surface area contributed by atoms with Gasteiger partial charge in [-0.3, -0.25) is 4.79 Å². The van der Waals surface area contributed by atoms with Crippen LogP contribution in [0.4, 0.5) is 24.8 Å². The van der Waals surface area contributed by atoms with Gasteiger partial charge in [-0.15, -0.1) is 0 Å².